The highest BCUT2D eigenvalue weighted by Gasteiger charge is 2.36. The molecule has 0 fully saturated rings. The fourth-order valence-corrected chi connectivity index (χ4v) is 3.89. The Morgan fingerprint density at radius 2 is 1.52 bits per heavy atom. The van der Waals surface area contributed by atoms with Crippen molar-refractivity contribution in [2.75, 3.05) is 26.0 Å². The van der Waals surface area contributed by atoms with Crippen molar-refractivity contribution >= 4 is 19.4 Å². The quantitative estimate of drug-likeness (QED) is 0.390. The molecule has 0 atom stereocenters. The molecule has 126 valence electrons. The maximum atomic E-state index is 12.3. The highest BCUT2D eigenvalue weighted by Crippen LogP contribution is 2.48. The summed E-state index contributed by atoms with van der Waals surface area (Å²) in [6.45, 7) is 4.12. The van der Waals surface area contributed by atoms with Gasteiger partial charge < -0.3 is 9.05 Å². The van der Waals surface area contributed by atoms with Gasteiger partial charge in [-0.3, -0.25) is 19.0 Å². The molecule has 1 aliphatic heterocycles. The van der Waals surface area contributed by atoms with Crippen LogP contribution in [0.25, 0.3) is 0 Å². The molecule has 0 radical (unpaired) electrons. The second-order valence-electron chi connectivity index (χ2n) is 4.81. The van der Waals surface area contributed by atoms with E-state index in [1.54, 1.807) is 38.1 Å². The molecule has 8 heteroatoms. The molecule has 0 saturated heterocycles. The Kier molecular flexibility index (Phi) is 6.07. The number of hydrogen-bond acceptors (Lipinski definition) is 6. The van der Waals surface area contributed by atoms with Gasteiger partial charge >= 0.3 is 7.60 Å². The Morgan fingerprint density at radius 3 is 2.00 bits per heavy atom. The number of nitrogens with zero attached hydrogens (tertiary/aromatic N) is 1. The molecule has 0 saturated carbocycles. The van der Waals surface area contributed by atoms with Crippen LogP contribution in [0.4, 0.5) is 0 Å². The van der Waals surface area contributed by atoms with Gasteiger partial charge in [-0.25, -0.2) is 0 Å². The zero-order valence-electron chi connectivity index (χ0n) is 13.2. The van der Waals surface area contributed by atoms with E-state index in [0.29, 0.717) is 17.5 Å². The summed E-state index contributed by atoms with van der Waals surface area (Å²) in [5.41, 5.74) is 0.651. The molecule has 0 bridgehead atoms. The largest absolute Gasteiger partial charge is 0.330 e. The molecule has 0 spiro atoms. The summed E-state index contributed by atoms with van der Waals surface area (Å²) in [5, 5.41) is 0.747. The van der Waals surface area contributed by atoms with E-state index in [-0.39, 0.29) is 26.0 Å². The molecule has 0 unspecified atom stereocenters. The first-order chi connectivity index (χ1) is 11.0. The Hall–Kier alpha value is -1.53. The monoisotopic (exact) mass is 341 g/mol. The molecule has 1 aromatic carbocycles. The molecule has 7 nitrogen and oxygen atoms in total. The van der Waals surface area contributed by atoms with Gasteiger partial charge in [-0.1, -0.05) is 12.1 Å². The van der Waals surface area contributed by atoms with Gasteiger partial charge in [0, 0.05) is 0 Å². The van der Waals surface area contributed by atoms with Crippen LogP contribution in [0.2, 0.25) is 0 Å². The van der Waals surface area contributed by atoms with E-state index in [4.69, 9.17) is 13.9 Å². The first-order valence-corrected chi connectivity index (χ1v) is 9.24. The van der Waals surface area contributed by atoms with E-state index >= 15 is 0 Å². The number of imide groups is 1. The van der Waals surface area contributed by atoms with Crippen LogP contribution < -0.4 is 0 Å². The number of carbonyl (C=O) groups excluding carboxylic acids is 2. The lowest BCUT2D eigenvalue weighted by Gasteiger charge is -2.17. The van der Waals surface area contributed by atoms with Gasteiger partial charge in [-0.15, -0.1) is 5.06 Å². The van der Waals surface area contributed by atoms with Gasteiger partial charge in [0.1, 0.15) is 0 Å². The van der Waals surface area contributed by atoms with Crippen LogP contribution in [-0.2, 0) is 18.5 Å². The van der Waals surface area contributed by atoms with E-state index in [2.05, 4.69) is 0 Å². The highest BCUT2D eigenvalue weighted by molar-refractivity contribution is 7.53. The molecular formula is C15H20NO6P. The fraction of sp³-hybridized carbons (Fsp3) is 0.467. The third-order valence-corrected chi connectivity index (χ3v) is 5.37. The summed E-state index contributed by atoms with van der Waals surface area (Å²) in [6.07, 6.45) is 0.503. The van der Waals surface area contributed by atoms with E-state index in [9.17, 15) is 14.2 Å². The van der Waals surface area contributed by atoms with Gasteiger partial charge in [0.05, 0.1) is 37.1 Å². The average molecular weight is 341 g/mol. The number of hydroxylamine groups is 2. The third-order valence-electron chi connectivity index (χ3n) is 3.21. The Morgan fingerprint density at radius 1 is 1.00 bits per heavy atom. The predicted molar refractivity (Wildman–Crippen MR) is 83.2 cm³/mol. The van der Waals surface area contributed by atoms with Crippen LogP contribution in [0.15, 0.2) is 24.3 Å². The van der Waals surface area contributed by atoms with Crippen molar-refractivity contribution in [3.8, 4) is 0 Å². The molecule has 1 heterocycles. The summed E-state index contributed by atoms with van der Waals surface area (Å²) in [4.78, 5) is 29.4. The summed E-state index contributed by atoms with van der Waals surface area (Å²) in [6, 6.07) is 6.54. The Balaban J connectivity index is 1.87. The molecule has 1 aliphatic rings. The normalized spacial score (nSPS) is 14.4. The third kappa shape index (κ3) is 4.06. The van der Waals surface area contributed by atoms with Gasteiger partial charge in [-0.2, -0.15) is 0 Å². The SMILES string of the molecule is CCOP(=O)(CCCON1C(=O)c2ccccc2C1=O)OCC. The minimum Gasteiger partial charge on any atom is -0.309 e. The topological polar surface area (TPSA) is 82.1 Å². The number of carbonyl (C=O) groups is 2. The first kappa shape index (κ1) is 17.8. The second-order valence-corrected chi connectivity index (χ2v) is 6.99. The van der Waals surface area contributed by atoms with E-state index in [1.165, 1.54) is 0 Å². The summed E-state index contributed by atoms with van der Waals surface area (Å²) in [5.74, 6) is -0.966. The van der Waals surface area contributed by atoms with Crippen molar-refractivity contribution in [3.05, 3.63) is 35.4 Å². The van der Waals surface area contributed by atoms with Crippen LogP contribution in [0.3, 0.4) is 0 Å². The minimum absolute atomic E-state index is 0.0651. The summed E-state index contributed by atoms with van der Waals surface area (Å²) in [7, 11) is -3.14. The predicted octanol–water partition coefficient (Wildman–Crippen LogP) is 2.87. The van der Waals surface area contributed by atoms with Crippen LogP contribution in [-0.4, -0.2) is 42.9 Å². The van der Waals surface area contributed by atoms with Crippen molar-refractivity contribution in [1.82, 2.24) is 5.06 Å². The molecule has 2 rings (SSSR count). The number of hydrogen-bond donors (Lipinski definition) is 0. The van der Waals surface area contributed by atoms with Crippen LogP contribution >= 0.6 is 7.60 Å². The molecule has 0 aliphatic carbocycles. The average Bonchev–Trinajstić information content (AvgIpc) is 2.77. The van der Waals surface area contributed by atoms with Crippen molar-refractivity contribution < 1.29 is 28.0 Å². The van der Waals surface area contributed by atoms with E-state index in [0.717, 1.165) is 5.06 Å². The molecule has 0 N–H and O–H groups in total. The van der Waals surface area contributed by atoms with Gasteiger partial charge in [-0.05, 0) is 32.4 Å². The fourth-order valence-electron chi connectivity index (χ4n) is 2.26. The molecular weight excluding hydrogens is 321 g/mol. The smallest absolute Gasteiger partial charge is 0.309 e. The summed E-state index contributed by atoms with van der Waals surface area (Å²) < 4.78 is 22.6. The van der Waals surface area contributed by atoms with Gasteiger partial charge in [0.2, 0.25) is 0 Å². The van der Waals surface area contributed by atoms with Gasteiger partial charge in [0.25, 0.3) is 11.8 Å². The van der Waals surface area contributed by atoms with E-state index < -0.39 is 19.4 Å². The lowest BCUT2D eigenvalue weighted by Crippen LogP contribution is -2.30. The minimum atomic E-state index is -3.14. The first-order valence-electron chi connectivity index (χ1n) is 7.51. The highest BCUT2D eigenvalue weighted by atomic mass is 31.2. The molecule has 1 aromatic rings. The number of benzene rings is 1. The van der Waals surface area contributed by atoms with Gasteiger partial charge in [0.15, 0.2) is 0 Å². The van der Waals surface area contributed by atoms with Crippen LogP contribution in [0.5, 0.6) is 0 Å². The maximum Gasteiger partial charge on any atom is 0.330 e. The van der Waals surface area contributed by atoms with Crippen LogP contribution in [0.1, 0.15) is 41.0 Å². The maximum absolute atomic E-state index is 12.3. The van der Waals surface area contributed by atoms with E-state index in [1.807, 2.05) is 0 Å². The molecule has 23 heavy (non-hydrogen) atoms. The van der Waals surface area contributed by atoms with Crippen LogP contribution in [0, 0.1) is 0 Å². The lowest BCUT2D eigenvalue weighted by molar-refractivity contribution is -0.0910. The number of fused-ring (bicyclic) bond motifs is 1. The Labute approximate surface area is 135 Å². The standard InChI is InChI=1S/C15H20NO6P/c1-3-21-23(19,22-4-2)11-7-10-20-16-14(17)12-8-5-6-9-13(12)15(16)18/h5-6,8-9H,3-4,7,10-11H2,1-2H3. The van der Waals surface area contributed by atoms with Crippen molar-refractivity contribution in [2.24, 2.45) is 0 Å². The number of amides is 2. The zero-order chi connectivity index (χ0) is 16.9. The Bertz CT molecular complexity index is 587. The number of rotatable bonds is 9. The van der Waals surface area contributed by atoms with Crippen molar-refractivity contribution in [2.45, 2.75) is 20.3 Å². The molecule has 2 amide bonds. The van der Waals surface area contributed by atoms with Crippen molar-refractivity contribution in [1.29, 1.82) is 0 Å². The molecule has 0 aromatic heterocycles. The lowest BCUT2D eigenvalue weighted by atomic mass is 10.1. The van der Waals surface area contributed by atoms with Crippen molar-refractivity contribution in [3.63, 3.8) is 0 Å². The summed E-state index contributed by atoms with van der Waals surface area (Å²) >= 11 is 0. The second kappa shape index (κ2) is 7.84. The zero-order valence-corrected chi connectivity index (χ0v) is 14.1.